The lowest BCUT2D eigenvalue weighted by Crippen LogP contribution is -2.05. The average molecular weight is 375 g/mol. The summed E-state index contributed by atoms with van der Waals surface area (Å²) < 4.78 is 5.80. The molecule has 1 atom stereocenters. The number of pyridine rings is 1. The van der Waals surface area contributed by atoms with Crippen molar-refractivity contribution in [2.24, 2.45) is 0 Å². The molecular formula is C24H25NO3. The molecule has 3 rings (SSSR count). The fourth-order valence-electron chi connectivity index (χ4n) is 3.23. The number of carboxylic acid groups (broad SMARTS) is 1. The summed E-state index contributed by atoms with van der Waals surface area (Å²) in [5.41, 5.74) is 3.38. The Kier molecular flexibility index (Phi) is 7.19. The number of aromatic nitrogens is 1. The Hall–Kier alpha value is -3.14. The summed E-state index contributed by atoms with van der Waals surface area (Å²) in [6, 6.07) is 24.5. The lowest BCUT2D eigenvalue weighted by atomic mass is 9.88. The Morgan fingerprint density at radius 3 is 2.25 bits per heavy atom. The Morgan fingerprint density at radius 1 is 0.857 bits per heavy atom. The Morgan fingerprint density at radius 2 is 1.57 bits per heavy atom. The van der Waals surface area contributed by atoms with Gasteiger partial charge in [0.1, 0.15) is 5.75 Å². The first-order valence-corrected chi connectivity index (χ1v) is 9.64. The van der Waals surface area contributed by atoms with Crippen LogP contribution in [0.4, 0.5) is 0 Å². The maximum absolute atomic E-state index is 10.5. The maximum atomic E-state index is 10.5. The fraction of sp³-hybridized carbons (Fsp3) is 0.250. The van der Waals surface area contributed by atoms with Crippen LogP contribution in [0.15, 0.2) is 79.0 Å². The van der Waals surface area contributed by atoms with E-state index in [0.29, 0.717) is 13.0 Å². The predicted octanol–water partition coefficient (Wildman–Crippen LogP) is 5.29. The van der Waals surface area contributed by atoms with Gasteiger partial charge in [0.2, 0.25) is 0 Å². The second-order valence-corrected chi connectivity index (χ2v) is 6.72. The van der Waals surface area contributed by atoms with Crippen LogP contribution in [-0.2, 0) is 4.79 Å². The molecule has 0 spiro atoms. The minimum Gasteiger partial charge on any atom is -0.494 e. The molecule has 0 saturated carbocycles. The van der Waals surface area contributed by atoms with E-state index in [-0.39, 0.29) is 12.3 Å². The Balaban J connectivity index is 1.65. The molecule has 1 heterocycles. The highest BCUT2D eigenvalue weighted by Gasteiger charge is 2.17. The van der Waals surface area contributed by atoms with Crippen molar-refractivity contribution in [3.05, 3.63) is 95.8 Å². The largest absolute Gasteiger partial charge is 0.494 e. The summed E-state index contributed by atoms with van der Waals surface area (Å²) in [4.78, 5) is 15.1. The van der Waals surface area contributed by atoms with Gasteiger partial charge >= 0.3 is 5.97 Å². The number of ether oxygens (including phenoxy) is 1. The first-order valence-electron chi connectivity index (χ1n) is 9.64. The van der Waals surface area contributed by atoms with Crippen molar-refractivity contribution in [2.45, 2.75) is 31.6 Å². The molecular weight excluding hydrogens is 350 g/mol. The third-order valence-corrected chi connectivity index (χ3v) is 4.63. The van der Waals surface area contributed by atoms with Crippen LogP contribution < -0.4 is 4.74 Å². The molecule has 4 nitrogen and oxygen atoms in total. The smallest absolute Gasteiger partial charge is 0.303 e. The van der Waals surface area contributed by atoms with Gasteiger partial charge in [0, 0.05) is 12.6 Å². The predicted molar refractivity (Wildman–Crippen MR) is 110 cm³/mol. The van der Waals surface area contributed by atoms with Gasteiger partial charge in [0.25, 0.3) is 0 Å². The van der Waals surface area contributed by atoms with Crippen LogP contribution in [-0.4, -0.2) is 22.7 Å². The van der Waals surface area contributed by atoms with Crippen LogP contribution in [0.5, 0.6) is 5.75 Å². The molecule has 0 radical (unpaired) electrons. The van der Waals surface area contributed by atoms with Crippen molar-refractivity contribution in [2.75, 3.05) is 6.61 Å². The maximum Gasteiger partial charge on any atom is 0.303 e. The molecule has 1 unspecified atom stereocenters. The standard InChI is InChI=1S/C24H25NO3/c26-23(27)12-5-2-8-18-28-21-15-13-20(14-16-21)24(19-9-3-1-4-10-19)22-11-6-7-17-25-22/h1,3-4,6-7,9-11,13-17,24H,2,5,8,12,18H2,(H,26,27). The molecule has 0 fully saturated rings. The minimum atomic E-state index is -0.739. The zero-order valence-corrected chi connectivity index (χ0v) is 15.8. The number of carbonyl (C=O) groups is 1. The van der Waals surface area contributed by atoms with Gasteiger partial charge in [-0.2, -0.15) is 0 Å². The second kappa shape index (κ2) is 10.3. The summed E-state index contributed by atoms with van der Waals surface area (Å²) in [7, 11) is 0. The molecule has 0 aliphatic heterocycles. The van der Waals surface area contributed by atoms with Gasteiger partial charge in [-0.05, 0) is 54.7 Å². The number of benzene rings is 2. The lowest BCUT2D eigenvalue weighted by Gasteiger charge is -2.18. The summed E-state index contributed by atoms with van der Waals surface area (Å²) in [5, 5.41) is 8.65. The van der Waals surface area contributed by atoms with E-state index >= 15 is 0 Å². The van der Waals surface area contributed by atoms with Crippen LogP contribution in [0, 0.1) is 0 Å². The molecule has 1 aromatic heterocycles. The van der Waals surface area contributed by atoms with E-state index in [4.69, 9.17) is 9.84 Å². The van der Waals surface area contributed by atoms with E-state index in [1.807, 2.05) is 48.7 Å². The van der Waals surface area contributed by atoms with E-state index < -0.39 is 5.97 Å². The fourth-order valence-corrected chi connectivity index (χ4v) is 3.23. The molecule has 2 aromatic carbocycles. The van der Waals surface area contributed by atoms with Crippen molar-refractivity contribution in [3.63, 3.8) is 0 Å². The topological polar surface area (TPSA) is 59.4 Å². The number of nitrogens with zero attached hydrogens (tertiary/aromatic N) is 1. The number of hydrogen-bond acceptors (Lipinski definition) is 3. The minimum absolute atomic E-state index is 0.0764. The number of carboxylic acids is 1. The van der Waals surface area contributed by atoms with Crippen molar-refractivity contribution >= 4 is 5.97 Å². The molecule has 4 heteroatoms. The van der Waals surface area contributed by atoms with Crippen molar-refractivity contribution in [1.29, 1.82) is 0 Å². The van der Waals surface area contributed by atoms with Crippen LogP contribution >= 0.6 is 0 Å². The monoisotopic (exact) mass is 375 g/mol. The van der Waals surface area contributed by atoms with Crippen molar-refractivity contribution < 1.29 is 14.6 Å². The zero-order chi connectivity index (χ0) is 19.6. The van der Waals surface area contributed by atoms with Crippen molar-refractivity contribution in [3.8, 4) is 5.75 Å². The van der Waals surface area contributed by atoms with Crippen LogP contribution in [0.25, 0.3) is 0 Å². The summed E-state index contributed by atoms with van der Waals surface area (Å²) in [6.45, 7) is 0.599. The van der Waals surface area contributed by atoms with Gasteiger partial charge in [0.05, 0.1) is 18.2 Å². The quantitative estimate of drug-likeness (QED) is 0.489. The highest BCUT2D eigenvalue weighted by atomic mass is 16.5. The highest BCUT2D eigenvalue weighted by molar-refractivity contribution is 5.66. The van der Waals surface area contributed by atoms with E-state index in [1.165, 1.54) is 11.1 Å². The summed E-state index contributed by atoms with van der Waals surface area (Å²) in [5.74, 6) is 0.166. The Labute approximate surface area is 165 Å². The summed E-state index contributed by atoms with van der Waals surface area (Å²) >= 11 is 0. The van der Waals surface area contributed by atoms with Gasteiger partial charge in [-0.1, -0.05) is 48.5 Å². The molecule has 0 aliphatic carbocycles. The molecule has 1 N–H and O–H groups in total. The number of rotatable bonds is 10. The lowest BCUT2D eigenvalue weighted by molar-refractivity contribution is -0.137. The molecule has 0 aliphatic rings. The molecule has 0 bridgehead atoms. The first-order chi connectivity index (χ1) is 13.7. The molecule has 0 saturated heterocycles. The molecule has 144 valence electrons. The molecule has 3 aromatic rings. The normalized spacial score (nSPS) is 11.7. The van der Waals surface area contributed by atoms with Gasteiger partial charge in [-0.25, -0.2) is 0 Å². The van der Waals surface area contributed by atoms with Crippen molar-refractivity contribution in [1.82, 2.24) is 4.98 Å². The van der Waals surface area contributed by atoms with Gasteiger partial charge < -0.3 is 9.84 Å². The average Bonchev–Trinajstić information content (AvgIpc) is 2.73. The van der Waals surface area contributed by atoms with Gasteiger partial charge in [0.15, 0.2) is 0 Å². The molecule has 0 amide bonds. The number of unbranched alkanes of at least 4 members (excludes halogenated alkanes) is 2. The van der Waals surface area contributed by atoms with Gasteiger partial charge in [-0.3, -0.25) is 9.78 Å². The SMILES string of the molecule is O=C(O)CCCCCOc1ccc(C(c2ccccc2)c2ccccn2)cc1. The first kappa shape index (κ1) is 19.6. The van der Waals surface area contributed by atoms with E-state index in [9.17, 15) is 4.79 Å². The molecule has 28 heavy (non-hydrogen) atoms. The second-order valence-electron chi connectivity index (χ2n) is 6.72. The third-order valence-electron chi connectivity index (χ3n) is 4.63. The van der Waals surface area contributed by atoms with Crippen LogP contribution in [0.3, 0.4) is 0 Å². The zero-order valence-electron chi connectivity index (χ0n) is 15.8. The third kappa shape index (κ3) is 5.68. The Bertz CT molecular complexity index is 809. The van der Waals surface area contributed by atoms with Crippen LogP contribution in [0.2, 0.25) is 0 Å². The highest BCUT2D eigenvalue weighted by Crippen LogP contribution is 2.31. The van der Waals surface area contributed by atoms with E-state index in [2.05, 4.69) is 35.3 Å². The number of aliphatic carboxylic acids is 1. The van der Waals surface area contributed by atoms with E-state index in [1.54, 1.807) is 0 Å². The van der Waals surface area contributed by atoms with Gasteiger partial charge in [-0.15, -0.1) is 0 Å². The number of hydrogen-bond donors (Lipinski definition) is 1. The summed E-state index contributed by atoms with van der Waals surface area (Å²) in [6.07, 6.45) is 4.46. The van der Waals surface area contributed by atoms with E-state index in [0.717, 1.165) is 24.3 Å². The van der Waals surface area contributed by atoms with Crippen LogP contribution in [0.1, 0.15) is 48.4 Å².